The van der Waals surface area contributed by atoms with Crippen molar-refractivity contribution in [2.24, 2.45) is 28.6 Å². The van der Waals surface area contributed by atoms with Gasteiger partial charge in [0.25, 0.3) is 0 Å². The molecule has 37 heavy (non-hydrogen) atoms. The summed E-state index contributed by atoms with van der Waals surface area (Å²) in [7, 11) is 0. The molecule has 2 heterocycles. The van der Waals surface area contributed by atoms with E-state index < -0.39 is 11.7 Å². The lowest BCUT2D eigenvalue weighted by atomic mass is 9.59. The number of benzene rings is 1. The number of nitrogens with zero attached hydrogens (tertiary/aromatic N) is 2. The van der Waals surface area contributed by atoms with Crippen LogP contribution in [0.2, 0.25) is 10.2 Å². The molecule has 0 amide bonds. The van der Waals surface area contributed by atoms with E-state index in [1.165, 1.54) is 4.40 Å². The molecule has 1 aromatic carbocycles. The molecule has 6 nitrogen and oxygen atoms in total. The Hall–Kier alpha value is -2.31. The molecule has 1 aliphatic rings. The first-order valence-electron chi connectivity index (χ1n) is 12.9. The Kier molecular flexibility index (Phi) is 7.32. The van der Waals surface area contributed by atoms with Crippen molar-refractivity contribution >= 4 is 34.8 Å². The van der Waals surface area contributed by atoms with Gasteiger partial charge in [-0.15, -0.1) is 0 Å². The maximum absolute atomic E-state index is 14.2. The van der Waals surface area contributed by atoms with Gasteiger partial charge in [-0.25, -0.2) is 19.0 Å². The van der Waals surface area contributed by atoms with Gasteiger partial charge in [0.05, 0.1) is 0 Å². The van der Waals surface area contributed by atoms with Gasteiger partial charge in [-0.2, -0.15) is 0 Å². The molecule has 0 spiro atoms. The van der Waals surface area contributed by atoms with Gasteiger partial charge >= 0.3 is 11.7 Å². The number of ether oxygens (including phenoxy) is 1. The minimum absolute atomic E-state index is 0.0609. The fourth-order valence-electron chi connectivity index (χ4n) is 5.84. The van der Waals surface area contributed by atoms with Gasteiger partial charge in [0.2, 0.25) is 0 Å². The molecule has 1 saturated carbocycles. The van der Waals surface area contributed by atoms with Crippen molar-refractivity contribution in [3.05, 3.63) is 56.3 Å². The number of aryl methyl sites for hydroxylation is 1. The molecule has 200 valence electrons. The standard InChI is InChI=1S/C29H37Cl2N3O3/c1-15-13-19(28(3,4)5)23(20(14-15)29(6,7)8)37-26(35)22-21(17-9-11-18(30)12-10-17)24(31)34-25(22)32-16(2)33-27(34)36/h9-12,15,19-20,23H,13-14H2,1-8H3,(H,32,33,36). The molecule has 1 N–H and O–H groups in total. The number of nitrogens with one attached hydrogen (secondary N) is 1. The Morgan fingerprint density at radius 2 is 1.57 bits per heavy atom. The van der Waals surface area contributed by atoms with Crippen LogP contribution >= 0.6 is 23.2 Å². The van der Waals surface area contributed by atoms with Gasteiger partial charge in [-0.1, -0.05) is 83.8 Å². The van der Waals surface area contributed by atoms with Crippen LogP contribution < -0.4 is 5.69 Å². The average Bonchev–Trinajstić information content (AvgIpc) is 3.06. The normalized spacial score (nSPS) is 22.9. The van der Waals surface area contributed by atoms with Crippen LogP contribution in [0.3, 0.4) is 0 Å². The van der Waals surface area contributed by atoms with Crippen LogP contribution in [0.15, 0.2) is 29.1 Å². The van der Waals surface area contributed by atoms with Gasteiger partial charge in [0.1, 0.15) is 22.6 Å². The van der Waals surface area contributed by atoms with E-state index in [0.717, 1.165) is 12.8 Å². The van der Waals surface area contributed by atoms with E-state index >= 15 is 0 Å². The number of hydrogen-bond acceptors (Lipinski definition) is 4. The first-order chi connectivity index (χ1) is 17.1. The molecule has 4 rings (SSSR count). The predicted molar refractivity (Wildman–Crippen MR) is 149 cm³/mol. The van der Waals surface area contributed by atoms with Crippen molar-refractivity contribution in [1.82, 2.24) is 14.4 Å². The van der Waals surface area contributed by atoms with Gasteiger partial charge in [0.15, 0.2) is 5.65 Å². The van der Waals surface area contributed by atoms with Crippen molar-refractivity contribution in [3.8, 4) is 11.1 Å². The zero-order valence-electron chi connectivity index (χ0n) is 22.9. The minimum Gasteiger partial charge on any atom is -0.458 e. The van der Waals surface area contributed by atoms with Gasteiger partial charge in [0, 0.05) is 22.4 Å². The Labute approximate surface area is 228 Å². The van der Waals surface area contributed by atoms with Crippen LogP contribution in [0.5, 0.6) is 0 Å². The van der Waals surface area contributed by atoms with Crippen molar-refractivity contribution in [2.75, 3.05) is 0 Å². The van der Waals surface area contributed by atoms with E-state index in [-0.39, 0.29) is 45.1 Å². The summed E-state index contributed by atoms with van der Waals surface area (Å²) in [4.78, 5) is 34.3. The zero-order chi connectivity index (χ0) is 27.4. The SMILES string of the molecule is Cc1nc2c(C(=O)OC3C(C(C)(C)C)CC(C)CC3C(C)(C)C)c(-c3ccc(Cl)cc3)c(Cl)n2c(=O)[nH]1. The van der Waals surface area contributed by atoms with Crippen molar-refractivity contribution in [2.45, 2.75) is 74.3 Å². The lowest BCUT2D eigenvalue weighted by molar-refractivity contribution is -0.0922. The third-order valence-electron chi connectivity index (χ3n) is 7.76. The predicted octanol–water partition coefficient (Wildman–Crippen LogP) is 7.58. The Balaban J connectivity index is 1.91. The smallest absolute Gasteiger partial charge is 0.342 e. The largest absolute Gasteiger partial charge is 0.458 e. The highest BCUT2D eigenvalue weighted by Crippen LogP contribution is 2.50. The van der Waals surface area contributed by atoms with Crippen molar-refractivity contribution in [1.29, 1.82) is 0 Å². The van der Waals surface area contributed by atoms with Crippen LogP contribution in [-0.2, 0) is 4.74 Å². The number of esters is 1. The van der Waals surface area contributed by atoms with Gasteiger partial charge < -0.3 is 4.74 Å². The number of halogens is 2. The summed E-state index contributed by atoms with van der Waals surface area (Å²) in [5, 5.41) is 0.659. The summed E-state index contributed by atoms with van der Waals surface area (Å²) in [6.07, 6.45) is 1.66. The maximum Gasteiger partial charge on any atom is 0.342 e. The molecule has 0 saturated heterocycles. The quantitative estimate of drug-likeness (QED) is 0.344. The Morgan fingerprint density at radius 3 is 2.08 bits per heavy atom. The molecule has 0 radical (unpaired) electrons. The second-order valence-corrected chi connectivity index (χ2v) is 13.5. The lowest BCUT2D eigenvalue weighted by Gasteiger charge is -2.50. The third kappa shape index (κ3) is 5.33. The molecular weight excluding hydrogens is 509 g/mol. The summed E-state index contributed by atoms with van der Waals surface area (Å²) in [5.41, 5.74) is 0.860. The van der Waals surface area contributed by atoms with E-state index in [1.54, 1.807) is 31.2 Å². The molecule has 1 aliphatic carbocycles. The number of hydrogen-bond donors (Lipinski definition) is 1. The van der Waals surface area contributed by atoms with Crippen LogP contribution in [0.4, 0.5) is 0 Å². The van der Waals surface area contributed by atoms with Crippen LogP contribution in [0, 0.1) is 35.5 Å². The molecule has 0 bridgehead atoms. The Bertz CT molecular complexity index is 1350. The number of carbonyl (C=O) groups is 1. The van der Waals surface area contributed by atoms with E-state index in [0.29, 0.717) is 27.9 Å². The van der Waals surface area contributed by atoms with Crippen LogP contribution in [0.1, 0.15) is 77.5 Å². The molecule has 2 atom stereocenters. The summed E-state index contributed by atoms with van der Waals surface area (Å²) < 4.78 is 7.74. The van der Waals surface area contributed by atoms with E-state index in [1.807, 2.05) is 0 Å². The number of fused-ring (bicyclic) bond motifs is 1. The second kappa shape index (κ2) is 9.77. The molecular formula is C29H37Cl2N3O3. The highest BCUT2D eigenvalue weighted by molar-refractivity contribution is 6.34. The van der Waals surface area contributed by atoms with Gasteiger partial charge in [-0.3, -0.25) is 4.98 Å². The molecule has 0 aliphatic heterocycles. The number of H-pyrrole nitrogens is 1. The molecule has 3 aromatic rings. The van der Waals surface area contributed by atoms with E-state index in [9.17, 15) is 9.59 Å². The maximum atomic E-state index is 14.2. The topological polar surface area (TPSA) is 76.5 Å². The fraction of sp³-hybridized carbons (Fsp3) is 0.552. The third-order valence-corrected chi connectivity index (χ3v) is 8.37. The highest BCUT2D eigenvalue weighted by atomic mass is 35.5. The Morgan fingerprint density at radius 1 is 1.03 bits per heavy atom. The number of rotatable bonds is 3. The lowest BCUT2D eigenvalue weighted by Crippen LogP contribution is -2.49. The minimum atomic E-state index is -0.519. The van der Waals surface area contributed by atoms with E-state index in [2.05, 4.69) is 58.4 Å². The zero-order valence-corrected chi connectivity index (χ0v) is 24.4. The first-order valence-corrected chi connectivity index (χ1v) is 13.6. The number of aromatic amines is 1. The van der Waals surface area contributed by atoms with E-state index in [4.69, 9.17) is 27.9 Å². The monoisotopic (exact) mass is 545 g/mol. The van der Waals surface area contributed by atoms with Gasteiger partial charge in [-0.05, 0) is 54.2 Å². The fourth-order valence-corrected chi connectivity index (χ4v) is 6.33. The van der Waals surface area contributed by atoms with Crippen molar-refractivity contribution < 1.29 is 9.53 Å². The summed E-state index contributed by atoms with van der Waals surface area (Å²) in [6.45, 7) is 17.2. The second-order valence-electron chi connectivity index (χ2n) is 12.7. The molecule has 2 aromatic heterocycles. The van der Waals surface area contributed by atoms with Crippen molar-refractivity contribution in [3.63, 3.8) is 0 Å². The summed E-state index contributed by atoms with van der Waals surface area (Å²) in [5.74, 6) is 0.738. The average molecular weight is 547 g/mol. The summed E-state index contributed by atoms with van der Waals surface area (Å²) >= 11 is 12.9. The number of carbonyl (C=O) groups excluding carboxylic acids is 1. The van der Waals surface area contributed by atoms with Crippen LogP contribution in [0.25, 0.3) is 16.8 Å². The van der Waals surface area contributed by atoms with Crippen LogP contribution in [-0.4, -0.2) is 26.4 Å². The molecule has 2 unspecified atom stereocenters. The molecule has 8 heteroatoms. The summed E-state index contributed by atoms with van der Waals surface area (Å²) in [6, 6.07) is 7.00. The first kappa shape index (κ1) is 27.7. The molecule has 1 fully saturated rings. The highest BCUT2D eigenvalue weighted by Gasteiger charge is 2.48. The number of aromatic nitrogens is 3.